The second kappa shape index (κ2) is 2.79. The molecule has 0 aromatic carbocycles. The first-order chi connectivity index (χ1) is 5.79. The third-order valence-electron chi connectivity index (χ3n) is 2.51. The first-order valence-corrected chi connectivity index (χ1v) is 4.19. The van der Waals surface area contributed by atoms with Gasteiger partial charge < -0.3 is 10.3 Å². The molecule has 66 valence electrons. The van der Waals surface area contributed by atoms with Gasteiger partial charge in [-0.25, -0.2) is 0 Å². The van der Waals surface area contributed by atoms with E-state index in [1.54, 1.807) is 6.20 Å². The molecule has 1 aliphatic heterocycles. The van der Waals surface area contributed by atoms with Gasteiger partial charge in [-0.2, -0.15) is 0 Å². The fourth-order valence-corrected chi connectivity index (χ4v) is 1.81. The molecule has 1 fully saturated rings. The molecule has 2 rings (SSSR count). The Bertz CT molecular complexity index is 271. The molecule has 0 saturated carbocycles. The van der Waals surface area contributed by atoms with Crippen LogP contribution in [0.2, 0.25) is 0 Å². The molecule has 1 aromatic heterocycles. The Morgan fingerprint density at radius 1 is 1.75 bits per heavy atom. The number of likely N-dealkylation sites (tertiary alicyclic amines) is 1. The van der Waals surface area contributed by atoms with E-state index in [4.69, 9.17) is 10.3 Å². The molecule has 2 heterocycles. The lowest BCUT2D eigenvalue weighted by atomic mass is 10.1. The van der Waals surface area contributed by atoms with Crippen LogP contribution in [0.3, 0.4) is 0 Å². The summed E-state index contributed by atoms with van der Waals surface area (Å²) in [6, 6.07) is 0.413. The molecular formula is C8H13N3O. The van der Waals surface area contributed by atoms with Gasteiger partial charge in [0.05, 0.1) is 11.8 Å². The van der Waals surface area contributed by atoms with Crippen molar-refractivity contribution < 1.29 is 4.52 Å². The Morgan fingerprint density at radius 3 is 3.08 bits per heavy atom. The number of anilines is 1. The smallest absolute Gasteiger partial charge is 0.226 e. The zero-order valence-electron chi connectivity index (χ0n) is 7.16. The first-order valence-electron chi connectivity index (χ1n) is 4.19. The van der Waals surface area contributed by atoms with Crippen LogP contribution in [0.5, 0.6) is 0 Å². The van der Waals surface area contributed by atoms with Crippen molar-refractivity contribution in [3.05, 3.63) is 11.8 Å². The number of nitrogen functional groups attached to an aromatic ring is 1. The highest BCUT2D eigenvalue weighted by molar-refractivity contribution is 5.36. The van der Waals surface area contributed by atoms with Crippen LogP contribution < -0.4 is 5.73 Å². The van der Waals surface area contributed by atoms with Gasteiger partial charge in [-0.1, -0.05) is 5.16 Å². The first kappa shape index (κ1) is 7.61. The van der Waals surface area contributed by atoms with Crippen molar-refractivity contribution in [2.75, 3.05) is 19.3 Å². The highest BCUT2D eigenvalue weighted by Gasteiger charge is 2.26. The molecule has 1 saturated heterocycles. The van der Waals surface area contributed by atoms with Crippen LogP contribution in [0.15, 0.2) is 10.7 Å². The lowest BCUT2D eigenvalue weighted by molar-refractivity contribution is 0.317. The Hall–Kier alpha value is -1.03. The summed E-state index contributed by atoms with van der Waals surface area (Å²) < 4.78 is 4.83. The molecule has 1 aromatic rings. The van der Waals surface area contributed by atoms with Gasteiger partial charge in [-0.05, 0) is 26.4 Å². The highest BCUT2D eigenvalue weighted by Crippen LogP contribution is 2.33. The number of nitrogens with zero attached hydrogens (tertiary/aromatic N) is 2. The van der Waals surface area contributed by atoms with Crippen molar-refractivity contribution in [1.82, 2.24) is 10.1 Å². The van der Waals surface area contributed by atoms with Gasteiger partial charge in [0.15, 0.2) is 0 Å². The maximum atomic E-state index is 5.63. The quantitative estimate of drug-likeness (QED) is 0.678. The molecule has 2 N–H and O–H groups in total. The van der Waals surface area contributed by atoms with E-state index in [1.807, 2.05) is 0 Å². The van der Waals surface area contributed by atoms with E-state index >= 15 is 0 Å². The lowest BCUT2D eigenvalue weighted by Gasteiger charge is -2.17. The average molecular weight is 167 g/mol. The number of hydrogen-bond donors (Lipinski definition) is 1. The highest BCUT2D eigenvalue weighted by atomic mass is 16.5. The summed E-state index contributed by atoms with van der Waals surface area (Å²) in [5, 5.41) is 3.67. The molecule has 0 bridgehead atoms. The predicted octanol–water partition coefficient (Wildman–Crippen LogP) is 1.02. The van der Waals surface area contributed by atoms with Crippen molar-refractivity contribution in [3.63, 3.8) is 0 Å². The van der Waals surface area contributed by atoms with Crippen molar-refractivity contribution in [2.45, 2.75) is 18.9 Å². The molecule has 12 heavy (non-hydrogen) atoms. The van der Waals surface area contributed by atoms with E-state index in [9.17, 15) is 0 Å². The van der Waals surface area contributed by atoms with Gasteiger partial charge in [0.2, 0.25) is 5.88 Å². The van der Waals surface area contributed by atoms with Crippen LogP contribution in [-0.2, 0) is 0 Å². The van der Waals surface area contributed by atoms with Crippen LogP contribution in [0, 0.1) is 0 Å². The topological polar surface area (TPSA) is 55.3 Å². The number of nitrogens with two attached hydrogens (primary N) is 1. The zero-order chi connectivity index (χ0) is 8.55. The summed E-state index contributed by atoms with van der Waals surface area (Å²) in [4.78, 5) is 2.28. The minimum atomic E-state index is 0.413. The van der Waals surface area contributed by atoms with Crippen molar-refractivity contribution in [1.29, 1.82) is 0 Å². The molecule has 0 aliphatic carbocycles. The van der Waals surface area contributed by atoms with Gasteiger partial charge in [0.25, 0.3) is 0 Å². The predicted molar refractivity (Wildman–Crippen MR) is 45.5 cm³/mol. The summed E-state index contributed by atoms with van der Waals surface area (Å²) in [5.41, 5.74) is 6.66. The third kappa shape index (κ3) is 1.08. The Labute approximate surface area is 71.3 Å². The van der Waals surface area contributed by atoms with Crippen molar-refractivity contribution >= 4 is 5.88 Å². The van der Waals surface area contributed by atoms with Gasteiger partial charge >= 0.3 is 0 Å². The van der Waals surface area contributed by atoms with Crippen LogP contribution in [0.4, 0.5) is 5.88 Å². The molecule has 4 nitrogen and oxygen atoms in total. The number of hydrogen-bond acceptors (Lipinski definition) is 4. The van der Waals surface area contributed by atoms with Crippen molar-refractivity contribution in [2.24, 2.45) is 0 Å². The van der Waals surface area contributed by atoms with E-state index in [-0.39, 0.29) is 0 Å². The molecule has 0 radical (unpaired) electrons. The molecule has 0 spiro atoms. The standard InChI is InChI=1S/C8H13N3O/c1-11-4-2-3-7(11)6-5-10-12-8(6)9/h5,7H,2-4,9H2,1H3. The van der Waals surface area contributed by atoms with Crippen molar-refractivity contribution in [3.8, 4) is 0 Å². The van der Waals surface area contributed by atoms with Gasteiger partial charge in [0.1, 0.15) is 0 Å². The second-order valence-electron chi connectivity index (χ2n) is 3.28. The SMILES string of the molecule is CN1CCCC1c1cnoc1N. The Balaban J connectivity index is 2.24. The third-order valence-corrected chi connectivity index (χ3v) is 2.51. The summed E-state index contributed by atoms with van der Waals surface area (Å²) in [5.74, 6) is 0.466. The fraction of sp³-hybridized carbons (Fsp3) is 0.625. The molecule has 0 amide bonds. The molecular weight excluding hydrogens is 154 g/mol. The van der Waals surface area contributed by atoms with Crippen LogP contribution in [0.1, 0.15) is 24.4 Å². The lowest BCUT2D eigenvalue weighted by Crippen LogP contribution is -2.17. The van der Waals surface area contributed by atoms with Gasteiger partial charge in [-0.15, -0.1) is 0 Å². The second-order valence-corrected chi connectivity index (χ2v) is 3.28. The van der Waals surface area contributed by atoms with E-state index in [1.165, 1.54) is 6.42 Å². The normalized spacial score (nSPS) is 24.9. The van der Waals surface area contributed by atoms with Crippen LogP contribution in [-0.4, -0.2) is 23.6 Å². The summed E-state index contributed by atoms with van der Waals surface area (Å²) >= 11 is 0. The Morgan fingerprint density at radius 2 is 2.58 bits per heavy atom. The maximum absolute atomic E-state index is 5.63. The van der Waals surface area contributed by atoms with Crippen LogP contribution in [0.25, 0.3) is 0 Å². The molecule has 4 heteroatoms. The maximum Gasteiger partial charge on any atom is 0.226 e. The average Bonchev–Trinajstić information content (AvgIpc) is 2.59. The summed E-state index contributed by atoms with van der Waals surface area (Å²) in [6.07, 6.45) is 4.11. The molecule has 1 unspecified atom stereocenters. The summed E-state index contributed by atoms with van der Waals surface area (Å²) in [6.45, 7) is 1.13. The van der Waals surface area contributed by atoms with Gasteiger partial charge in [-0.3, -0.25) is 4.90 Å². The minimum absolute atomic E-state index is 0.413. The zero-order valence-corrected chi connectivity index (χ0v) is 7.16. The molecule has 1 aliphatic rings. The van der Waals surface area contributed by atoms with E-state index in [0.717, 1.165) is 18.5 Å². The minimum Gasteiger partial charge on any atom is -0.367 e. The largest absolute Gasteiger partial charge is 0.367 e. The van der Waals surface area contributed by atoms with E-state index < -0.39 is 0 Å². The number of rotatable bonds is 1. The van der Waals surface area contributed by atoms with Crippen LogP contribution >= 0.6 is 0 Å². The van der Waals surface area contributed by atoms with Gasteiger partial charge in [0, 0.05) is 6.04 Å². The monoisotopic (exact) mass is 167 g/mol. The fourth-order valence-electron chi connectivity index (χ4n) is 1.81. The van der Waals surface area contributed by atoms with E-state index in [2.05, 4.69) is 17.1 Å². The van der Waals surface area contributed by atoms with E-state index in [0.29, 0.717) is 11.9 Å². The Kier molecular flexibility index (Phi) is 1.77. The molecule has 1 atom stereocenters. The summed E-state index contributed by atoms with van der Waals surface area (Å²) in [7, 11) is 2.10. The number of aromatic nitrogens is 1.